The maximum Gasteiger partial charge on any atom is 0.337 e. The van der Waals surface area contributed by atoms with Crippen molar-refractivity contribution in [3.63, 3.8) is 0 Å². The number of benzene rings is 1. The number of hydrogen-bond donors (Lipinski definition) is 0. The highest BCUT2D eigenvalue weighted by Gasteiger charge is 2.04. The molecule has 1 aromatic carbocycles. The van der Waals surface area contributed by atoms with Crippen LogP contribution in [-0.4, -0.2) is 25.0 Å². The second-order valence-electron chi connectivity index (χ2n) is 3.51. The molecule has 0 amide bonds. The molecule has 3 nitrogen and oxygen atoms in total. The molecule has 0 aliphatic rings. The molecule has 0 bridgehead atoms. The molecule has 1 rings (SSSR count). The molecule has 0 fully saturated rings. The second-order valence-corrected chi connectivity index (χ2v) is 4.07. The van der Waals surface area contributed by atoms with Gasteiger partial charge in [-0.2, -0.15) is 0 Å². The Morgan fingerprint density at radius 2 is 2.00 bits per heavy atom. The summed E-state index contributed by atoms with van der Waals surface area (Å²) in [6.07, 6.45) is 2.00. The quantitative estimate of drug-likeness (QED) is 0.476. The van der Waals surface area contributed by atoms with Gasteiger partial charge in [-0.15, -0.1) is 0 Å². The van der Waals surface area contributed by atoms with Crippen molar-refractivity contribution in [3.05, 3.63) is 41.5 Å². The van der Waals surface area contributed by atoms with Crippen LogP contribution in [0.2, 0.25) is 0 Å². The molecule has 0 saturated carbocycles. The van der Waals surface area contributed by atoms with Crippen LogP contribution in [0.1, 0.15) is 17.3 Å². The molecule has 17 heavy (non-hydrogen) atoms. The highest BCUT2D eigenvalue weighted by Crippen LogP contribution is 2.13. The Kier molecular flexibility index (Phi) is 5.77. The lowest BCUT2D eigenvalue weighted by molar-refractivity contribution is 0.0600. The van der Waals surface area contributed by atoms with Gasteiger partial charge in [-0.25, -0.2) is 4.79 Å². The highest BCUT2D eigenvalue weighted by molar-refractivity contribution is 9.09. The van der Waals surface area contributed by atoms with E-state index in [-0.39, 0.29) is 5.97 Å². The van der Waals surface area contributed by atoms with Crippen LogP contribution in [0.3, 0.4) is 0 Å². The Morgan fingerprint density at radius 3 is 2.53 bits per heavy atom. The van der Waals surface area contributed by atoms with E-state index in [1.54, 1.807) is 24.3 Å². The van der Waals surface area contributed by atoms with Crippen LogP contribution in [0.5, 0.6) is 5.75 Å². The SMILES string of the molecule is COC(=O)c1ccc(OCC=C(C)CBr)cc1. The molecule has 0 aromatic heterocycles. The van der Waals surface area contributed by atoms with Gasteiger partial charge in [-0.1, -0.05) is 21.5 Å². The van der Waals surface area contributed by atoms with Crippen molar-refractivity contribution in [3.8, 4) is 5.75 Å². The molecule has 0 aliphatic carbocycles. The van der Waals surface area contributed by atoms with Crippen molar-refractivity contribution in [1.29, 1.82) is 0 Å². The average molecular weight is 299 g/mol. The first-order chi connectivity index (χ1) is 8.17. The van der Waals surface area contributed by atoms with Gasteiger partial charge in [0.1, 0.15) is 12.4 Å². The monoisotopic (exact) mass is 298 g/mol. The Labute approximate surface area is 110 Å². The zero-order valence-corrected chi connectivity index (χ0v) is 11.5. The maximum atomic E-state index is 11.2. The number of halogens is 1. The first kappa shape index (κ1) is 13.8. The third-order valence-corrected chi connectivity index (χ3v) is 3.05. The van der Waals surface area contributed by atoms with Crippen molar-refractivity contribution >= 4 is 21.9 Å². The summed E-state index contributed by atoms with van der Waals surface area (Å²) in [6, 6.07) is 6.87. The summed E-state index contributed by atoms with van der Waals surface area (Å²) < 4.78 is 10.1. The minimum absolute atomic E-state index is 0.341. The number of alkyl halides is 1. The molecule has 0 aliphatic heterocycles. The summed E-state index contributed by atoms with van der Waals surface area (Å²) in [5.74, 6) is 0.392. The molecule has 0 atom stereocenters. The van der Waals surface area contributed by atoms with Gasteiger partial charge in [0, 0.05) is 5.33 Å². The van der Waals surface area contributed by atoms with Gasteiger partial charge in [0.05, 0.1) is 12.7 Å². The molecule has 4 heteroatoms. The number of allylic oxidation sites excluding steroid dienone is 1. The van der Waals surface area contributed by atoms with E-state index in [2.05, 4.69) is 20.7 Å². The summed E-state index contributed by atoms with van der Waals surface area (Å²) in [7, 11) is 1.36. The smallest absolute Gasteiger partial charge is 0.337 e. The van der Waals surface area contributed by atoms with Crippen molar-refractivity contribution in [1.82, 2.24) is 0 Å². The first-order valence-corrected chi connectivity index (χ1v) is 6.32. The number of ether oxygens (including phenoxy) is 2. The van der Waals surface area contributed by atoms with Crippen molar-refractivity contribution < 1.29 is 14.3 Å². The summed E-state index contributed by atoms with van der Waals surface area (Å²) in [6.45, 7) is 2.55. The molecule has 0 N–H and O–H groups in total. The number of methoxy groups -OCH3 is 1. The Balaban J connectivity index is 2.54. The average Bonchev–Trinajstić information content (AvgIpc) is 2.38. The minimum Gasteiger partial charge on any atom is -0.490 e. The molecule has 0 spiro atoms. The third kappa shape index (κ3) is 4.61. The molecule has 0 unspecified atom stereocenters. The van der Waals surface area contributed by atoms with E-state index in [1.807, 2.05) is 13.0 Å². The number of esters is 1. The third-order valence-electron chi connectivity index (χ3n) is 2.17. The molecule has 0 heterocycles. The number of carbonyl (C=O) groups excluding carboxylic acids is 1. The van der Waals surface area contributed by atoms with Gasteiger partial charge in [0.2, 0.25) is 0 Å². The summed E-state index contributed by atoms with van der Waals surface area (Å²) >= 11 is 3.36. The van der Waals surface area contributed by atoms with E-state index in [9.17, 15) is 4.79 Å². The van der Waals surface area contributed by atoms with Crippen molar-refractivity contribution in [2.45, 2.75) is 6.92 Å². The molecule has 0 radical (unpaired) electrons. The van der Waals surface area contributed by atoms with E-state index < -0.39 is 0 Å². The zero-order valence-electron chi connectivity index (χ0n) is 9.90. The fourth-order valence-corrected chi connectivity index (χ4v) is 1.37. The first-order valence-electron chi connectivity index (χ1n) is 5.20. The summed E-state index contributed by atoms with van der Waals surface area (Å²) in [5, 5.41) is 0.845. The number of carbonyl (C=O) groups is 1. The molecule has 0 saturated heterocycles. The maximum absolute atomic E-state index is 11.2. The molecular formula is C13H15BrO3. The normalized spacial score (nSPS) is 11.1. The predicted octanol–water partition coefficient (Wildman–Crippen LogP) is 3.19. The number of rotatable bonds is 5. The van der Waals surface area contributed by atoms with Gasteiger partial charge in [-0.3, -0.25) is 0 Å². The van der Waals surface area contributed by atoms with Crippen molar-refractivity contribution in [2.75, 3.05) is 19.0 Å². The van der Waals surface area contributed by atoms with Crippen LogP contribution in [0.15, 0.2) is 35.9 Å². The Bertz CT molecular complexity index is 396. The zero-order chi connectivity index (χ0) is 12.7. The van der Waals surface area contributed by atoms with Crippen LogP contribution >= 0.6 is 15.9 Å². The molecule has 1 aromatic rings. The lowest BCUT2D eigenvalue weighted by Gasteiger charge is -2.04. The largest absolute Gasteiger partial charge is 0.490 e. The summed E-state index contributed by atoms with van der Waals surface area (Å²) in [5.41, 5.74) is 1.74. The van der Waals surface area contributed by atoms with E-state index in [0.717, 1.165) is 11.1 Å². The van der Waals surface area contributed by atoms with Crippen LogP contribution in [0, 0.1) is 0 Å². The Morgan fingerprint density at radius 1 is 1.35 bits per heavy atom. The molecule has 92 valence electrons. The summed E-state index contributed by atoms with van der Waals surface area (Å²) in [4.78, 5) is 11.2. The highest BCUT2D eigenvalue weighted by atomic mass is 79.9. The van der Waals surface area contributed by atoms with E-state index >= 15 is 0 Å². The Hall–Kier alpha value is -1.29. The van der Waals surface area contributed by atoms with Gasteiger partial charge >= 0.3 is 5.97 Å². The minimum atomic E-state index is -0.341. The van der Waals surface area contributed by atoms with Gasteiger partial charge in [-0.05, 0) is 37.3 Å². The van der Waals surface area contributed by atoms with Gasteiger partial charge in [0.15, 0.2) is 0 Å². The standard InChI is InChI=1S/C13H15BrO3/c1-10(9-14)7-8-17-12-5-3-11(4-6-12)13(15)16-2/h3-7H,8-9H2,1-2H3. The van der Waals surface area contributed by atoms with Crippen molar-refractivity contribution in [2.24, 2.45) is 0 Å². The fourth-order valence-electron chi connectivity index (χ4n) is 1.14. The van der Waals surface area contributed by atoms with Gasteiger partial charge < -0.3 is 9.47 Å². The fraction of sp³-hybridized carbons (Fsp3) is 0.308. The van der Waals surface area contributed by atoms with Crippen LogP contribution in [-0.2, 0) is 4.74 Å². The van der Waals surface area contributed by atoms with Crippen LogP contribution in [0.4, 0.5) is 0 Å². The van der Waals surface area contributed by atoms with Crippen LogP contribution in [0.25, 0.3) is 0 Å². The lowest BCUT2D eigenvalue weighted by Crippen LogP contribution is -2.01. The number of hydrogen-bond acceptors (Lipinski definition) is 3. The van der Waals surface area contributed by atoms with Crippen LogP contribution < -0.4 is 4.74 Å². The van der Waals surface area contributed by atoms with E-state index in [0.29, 0.717) is 12.2 Å². The van der Waals surface area contributed by atoms with E-state index in [4.69, 9.17) is 4.74 Å². The lowest BCUT2D eigenvalue weighted by atomic mass is 10.2. The molecular weight excluding hydrogens is 284 g/mol. The topological polar surface area (TPSA) is 35.5 Å². The predicted molar refractivity (Wildman–Crippen MR) is 70.8 cm³/mol. The van der Waals surface area contributed by atoms with Gasteiger partial charge in [0.25, 0.3) is 0 Å². The van der Waals surface area contributed by atoms with E-state index in [1.165, 1.54) is 12.7 Å². The second kappa shape index (κ2) is 7.12.